The Morgan fingerprint density at radius 1 is 0.759 bits per heavy atom. The van der Waals surface area contributed by atoms with Gasteiger partial charge in [-0.15, -0.1) is 0 Å². The molecule has 2 aliphatic heterocycles. The molecule has 3 rings (SSSR count). The molecular formula is C18H29Cl3FeN7. The predicted molar refractivity (Wildman–Crippen MR) is 101 cm³/mol. The number of aromatic nitrogens is 1. The summed E-state index contributed by atoms with van der Waals surface area (Å²) in [5.41, 5.74) is 9.03. The largest absolute Gasteiger partial charge is 3.00 e. The number of aryl methyl sites for hydroxylation is 1. The molecule has 0 spiro atoms. The molecule has 3 heterocycles. The van der Waals surface area contributed by atoms with Gasteiger partial charge in [-0.25, -0.2) is 26.1 Å². The summed E-state index contributed by atoms with van der Waals surface area (Å²) in [7, 11) is 0. The van der Waals surface area contributed by atoms with Crippen LogP contribution >= 0.6 is 0 Å². The minimum Gasteiger partial charge on any atom is -1.00 e. The van der Waals surface area contributed by atoms with E-state index >= 15 is 0 Å². The zero-order chi connectivity index (χ0) is 17.3. The molecule has 7 nitrogen and oxygen atoms in total. The Kier molecular flexibility index (Phi) is 18.1. The van der Waals surface area contributed by atoms with E-state index in [1.807, 2.05) is 12.1 Å². The van der Waals surface area contributed by atoms with E-state index in [0.717, 1.165) is 43.1 Å². The second kappa shape index (κ2) is 17.1. The number of nitrogens with one attached hydrogen (secondary N) is 2. The van der Waals surface area contributed by atoms with Crippen molar-refractivity contribution in [1.82, 2.24) is 26.1 Å². The third-order valence-corrected chi connectivity index (χ3v) is 4.51. The quantitative estimate of drug-likeness (QED) is 0.229. The van der Waals surface area contributed by atoms with Gasteiger partial charge in [-0.05, 0) is 50.3 Å². The average Bonchev–Trinajstić information content (AvgIpc) is 2.63. The van der Waals surface area contributed by atoms with E-state index in [9.17, 15) is 0 Å². The van der Waals surface area contributed by atoms with Gasteiger partial charge < -0.3 is 37.2 Å². The second-order valence-electron chi connectivity index (χ2n) is 6.81. The number of piperidine rings is 2. The Hall–Kier alpha value is -0.601. The number of halogens is 3. The van der Waals surface area contributed by atoms with E-state index in [1.165, 1.54) is 38.5 Å². The fourth-order valence-electron chi connectivity index (χ4n) is 3.20. The standard InChI is InChI=1S/C18H29N7.3ClH.Fe/c1-16-12-17(14-19-22-24-8-4-2-5-9-24)21-18(13-16)15-20-23-25-10-6-3-7-11-25;;;;/h12-15,22-23H,2-11H2,1H3;3*1H;/q;;;;+3/p-3. The van der Waals surface area contributed by atoms with Gasteiger partial charge in [0.1, 0.15) is 0 Å². The van der Waals surface area contributed by atoms with Crippen LogP contribution < -0.4 is 48.3 Å². The van der Waals surface area contributed by atoms with Crippen LogP contribution in [0.25, 0.3) is 0 Å². The maximum absolute atomic E-state index is 4.58. The zero-order valence-corrected chi connectivity index (χ0v) is 20.0. The number of hydrogen-bond donors (Lipinski definition) is 2. The third kappa shape index (κ3) is 11.4. The number of nitrogens with zero attached hydrogens (tertiary/aromatic N) is 5. The van der Waals surface area contributed by atoms with Crippen LogP contribution in [0.3, 0.4) is 0 Å². The van der Waals surface area contributed by atoms with Gasteiger partial charge in [-0.1, -0.05) is 12.8 Å². The van der Waals surface area contributed by atoms with Crippen molar-refractivity contribution in [2.45, 2.75) is 45.4 Å². The molecule has 0 aliphatic carbocycles. The van der Waals surface area contributed by atoms with E-state index in [0.29, 0.717) is 0 Å². The molecule has 0 bridgehead atoms. The predicted octanol–water partition coefficient (Wildman–Crippen LogP) is -6.95. The number of hydrazone groups is 2. The van der Waals surface area contributed by atoms with Gasteiger partial charge in [0.05, 0.1) is 23.8 Å². The fourth-order valence-corrected chi connectivity index (χ4v) is 3.20. The van der Waals surface area contributed by atoms with Crippen molar-refractivity contribution in [3.8, 4) is 0 Å². The molecule has 2 fully saturated rings. The molecule has 0 aromatic carbocycles. The maximum Gasteiger partial charge on any atom is 3.00 e. The number of rotatable bonds is 6. The monoisotopic (exact) mass is 504 g/mol. The van der Waals surface area contributed by atoms with Gasteiger partial charge in [0.2, 0.25) is 0 Å². The number of hydrogen-bond acceptors (Lipinski definition) is 7. The van der Waals surface area contributed by atoms with Gasteiger partial charge in [0.15, 0.2) is 0 Å². The van der Waals surface area contributed by atoms with Crippen LogP contribution in [0.4, 0.5) is 0 Å². The Balaban J connectivity index is 0. The molecule has 1 aromatic rings. The van der Waals surface area contributed by atoms with Crippen LogP contribution in [-0.4, -0.2) is 53.6 Å². The van der Waals surface area contributed by atoms with Crippen molar-refractivity contribution in [1.29, 1.82) is 0 Å². The van der Waals surface area contributed by atoms with Crippen molar-refractivity contribution in [2.24, 2.45) is 10.2 Å². The smallest absolute Gasteiger partial charge is 1.00 e. The average molecular weight is 506 g/mol. The summed E-state index contributed by atoms with van der Waals surface area (Å²) in [5, 5.41) is 12.9. The number of hydrazine groups is 2. The second-order valence-corrected chi connectivity index (χ2v) is 6.81. The van der Waals surface area contributed by atoms with Crippen LogP contribution in [0.2, 0.25) is 0 Å². The molecule has 29 heavy (non-hydrogen) atoms. The molecule has 1 radical (unpaired) electrons. The summed E-state index contributed by atoms with van der Waals surface area (Å²) in [6.45, 7) is 6.28. The van der Waals surface area contributed by atoms with Gasteiger partial charge in [-0.2, -0.15) is 10.2 Å². The first-order chi connectivity index (χ1) is 12.3. The van der Waals surface area contributed by atoms with Crippen molar-refractivity contribution >= 4 is 12.4 Å². The van der Waals surface area contributed by atoms with Gasteiger partial charge in [0.25, 0.3) is 0 Å². The minimum absolute atomic E-state index is 0. The number of pyridine rings is 1. The van der Waals surface area contributed by atoms with Gasteiger partial charge >= 0.3 is 17.1 Å². The topological polar surface area (TPSA) is 68.1 Å². The van der Waals surface area contributed by atoms with Crippen LogP contribution in [0, 0.1) is 6.92 Å². The van der Waals surface area contributed by atoms with E-state index in [2.05, 4.69) is 43.2 Å². The summed E-state index contributed by atoms with van der Waals surface area (Å²) in [6.07, 6.45) is 11.1. The fraction of sp³-hybridized carbons (Fsp3) is 0.611. The van der Waals surface area contributed by atoms with Crippen LogP contribution in [-0.2, 0) is 17.1 Å². The van der Waals surface area contributed by atoms with Crippen LogP contribution in [0.15, 0.2) is 22.3 Å². The van der Waals surface area contributed by atoms with E-state index in [1.54, 1.807) is 12.4 Å². The Labute approximate surface area is 203 Å². The van der Waals surface area contributed by atoms with E-state index in [-0.39, 0.29) is 54.3 Å². The molecule has 2 aliphatic rings. The van der Waals surface area contributed by atoms with Gasteiger partial charge in [-0.3, -0.25) is 0 Å². The van der Waals surface area contributed by atoms with E-state index < -0.39 is 0 Å². The minimum atomic E-state index is 0. The molecule has 0 amide bonds. The third-order valence-electron chi connectivity index (χ3n) is 4.51. The zero-order valence-electron chi connectivity index (χ0n) is 16.6. The van der Waals surface area contributed by atoms with Crippen LogP contribution in [0.5, 0.6) is 0 Å². The molecule has 0 saturated carbocycles. The first-order valence-electron chi connectivity index (χ1n) is 9.36. The van der Waals surface area contributed by atoms with E-state index in [4.69, 9.17) is 0 Å². The summed E-state index contributed by atoms with van der Waals surface area (Å²) in [5.74, 6) is 0. The first kappa shape index (κ1) is 30.6. The van der Waals surface area contributed by atoms with Crippen LogP contribution in [0.1, 0.15) is 55.5 Å². The molecule has 11 heteroatoms. The normalized spacial score (nSPS) is 17.6. The molecular weight excluding hydrogens is 476 g/mol. The van der Waals surface area contributed by atoms with Crippen molar-refractivity contribution in [2.75, 3.05) is 26.2 Å². The van der Waals surface area contributed by atoms with Crippen molar-refractivity contribution in [3.05, 3.63) is 29.1 Å². The Bertz CT molecular complexity index is 559. The van der Waals surface area contributed by atoms with Gasteiger partial charge in [0, 0.05) is 26.2 Å². The Morgan fingerprint density at radius 2 is 1.14 bits per heavy atom. The molecule has 165 valence electrons. The molecule has 0 atom stereocenters. The van der Waals surface area contributed by atoms with Crippen molar-refractivity contribution < 1.29 is 54.3 Å². The summed E-state index contributed by atoms with van der Waals surface area (Å²) < 4.78 is 0. The molecule has 2 saturated heterocycles. The Morgan fingerprint density at radius 3 is 1.52 bits per heavy atom. The van der Waals surface area contributed by atoms with Crippen molar-refractivity contribution in [3.63, 3.8) is 0 Å². The summed E-state index contributed by atoms with van der Waals surface area (Å²) >= 11 is 0. The molecule has 2 N–H and O–H groups in total. The first-order valence-corrected chi connectivity index (χ1v) is 9.36. The summed E-state index contributed by atoms with van der Waals surface area (Å²) in [6, 6.07) is 4.05. The maximum atomic E-state index is 4.58. The SMILES string of the molecule is Cc1cc(C=NNN2CCCCC2)nc(C=NNN2CCCCC2)c1.[Cl-].[Cl-].[Cl-].[Fe+3]. The molecule has 1 aromatic heterocycles. The summed E-state index contributed by atoms with van der Waals surface area (Å²) in [4.78, 5) is 4.58. The molecule has 0 unspecified atom stereocenters.